The molecule has 0 unspecified atom stereocenters. The monoisotopic (exact) mass is 534 g/mol. The van der Waals surface area contributed by atoms with Crippen molar-refractivity contribution in [3.63, 3.8) is 0 Å². The van der Waals surface area contributed by atoms with E-state index in [2.05, 4.69) is 4.74 Å². The minimum absolute atomic E-state index is 0.108. The fourth-order valence-electron chi connectivity index (χ4n) is 2.52. The second-order valence-electron chi connectivity index (χ2n) is 10.5. The molecule has 0 radical (unpaired) electrons. The van der Waals surface area contributed by atoms with Crippen molar-refractivity contribution in [2.45, 2.75) is 54.8 Å². The molecular formula is C27H35O9P. The summed E-state index contributed by atoms with van der Waals surface area (Å²) in [5, 5.41) is 0. The van der Waals surface area contributed by atoms with Gasteiger partial charge in [-0.05, 0) is 76.9 Å². The molecule has 0 saturated carbocycles. The van der Waals surface area contributed by atoms with Gasteiger partial charge in [-0.1, -0.05) is 24.3 Å². The van der Waals surface area contributed by atoms with Crippen LogP contribution in [0.15, 0.2) is 48.5 Å². The molecule has 0 aliphatic carbocycles. The third-order valence-electron chi connectivity index (χ3n) is 4.90. The SMILES string of the molecule is COC(=O)CP(=O)(OCc1ccc(OC(=O)C(C)(C)C)cc1)OCc1ccc(OC(=O)C(C)(C)C)cc1. The normalized spacial score (nSPS) is 12.1. The van der Waals surface area contributed by atoms with Crippen molar-refractivity contribution in [3.05, 3.63) is 59.7 Å². The summed E-state index contributed by atoms with van der Waals surface area (Å²) in [6, 6.07) is 13.0. The molecular weight excluding hydrogens is 499 g/mol. The molecule has 0 aliphatic rings. The summed E-state index contributed by atoms with van der Waals surface area (Å²) in [5.41, 5.74) is -0.0169. The Balaban J connectivity index is 2.02. The lowest BCUT2D eigenvalue weighted by molar-refractivity contribution is -0.143. The fourth-order valence-corrected chi connectivity index (χ4v) is 3.92. The lowest BCUT2D eigenvalue weighted by Crippen LogP contribution is -2.25. The first-order valence-corrected chi connectivity index (χ1v) is 13.4. The van der Waals surface area contributed by atoms with Gasteiger partial charge in [0.1, 0.15) is 17.7 Å². The van der Waals surface area contributed by atoms with Gasteiger partial charge in [-0.15, -0.1) is 0 Å². The van der Waals surface area contributed by atoms with Crippen molar-refractivity contribution >= 4 is 25.5 Å². The van der Waals surface area contributed by atoms with E-state index in [0.29, 0.717) is 22.6 Å². The summed E-state index contributed by atoms with van der Waals surface area (Å²) in [6.07, 6.45) is -0.563. The Labute approximate surface area is 217 Å². The van der Waals surface area contributed by atoms with Crippen molar-refractivity contribution in [2.24, 2.45) is 10.8 Å². The van der Waals surface area contributed by atoms with Crippen LogP contribution in [0.2, 0.25) is 0 Å². The molecule has 202 valence electrons. The molecule has 2 rings (SSSR count). The lowest BCUT2D eigenvalue weighted by atomic mass is 9.97. The first-order chi connectivity index (χ1) is 17.1. The summed E-state index contributed by atoms with van der Waals surface area (Å²) in [7, 11) is -2.70. The zero-order valence-electron chi connectivity index (χ0n) is 22.4. The van der Waals surface area contributed by atoms with E-state index in [9.17, 15) is 18.9 Å². The third-order valence-corrected chi connectivity index (χ3v) is 6.59. The van der Waals surface area contributed by atoms with Crippen molar-refractivity contribution in [3.8, 4) is 11.5 Å². The number of ether oxygens (including phenoxy) is 3. The van der Waals surface area contributed by atoms with Crippen LogP contribution >= 0.6 is 7.60 Å². The van der Waals surface area contributed by atoms with Crippen LogP contribution in [0.1, 0.15) is 52.7 Å². The molecule has 2 aromatic carbocycles. The molecule has 0 atom stereocenters. The second kappa shape index (κ2) is 12.5. The quantitative estimate of drug-likeness (QED) is 0.215. The molecule has 9 nitrogen and oxygen atoms in total. The summed E-state index contributed by atoms with van der Waals surface area (Å²) < 4.78 is 39.7. The van der Waals surface area contributed by atoms with E-state index < -0.39 is 30.6 Å². The highest BCUT2D eigenvalue weighted by Crippen LogP contribution is 2.49. The topological polar surface area (TPSA) is 114 Å². The largest absolute Gasteiger partial charge is 0.469 e. The number of esters is 3. The molecule has 0 fully saturated rings. The average molecular weight is 535 g/mol. The Bertz CT molecular complexity index is 1040. The summed E-state index contributed by atoms with van der Waals surface area (Å²) >= 11 is 0. The highest BCUT2D eigenvalue weighted by atomic mass is 31.2. The smallest absolute Gasteiger partial charge is 0.342 e. The van der Waals surface area contributed by atoms with E-state index in [1.165, 1.54) is 7.11 Å². The highest BCUT2D eigenvalue weighted by molar-refractivity contribution is 7.54. The molecule has 0 aromatic heterocycles. The Morgan fingerprint density at radius 3 is 1.32 bits per heavy atom. The summed E-state index contributed by atoms with van der Waals surface area (Å²) in [6.45, 7) is 10.3. The molecule has 0 aliphatic heterocycles. The van der Waals surface area contributed by atoms with Gasteiger partial charge in [0, 0.05) is 0 Å². The van der Waals surface area contributed by atoms with Crippen LogP contribution in [-0.2, 0) is 45.9 Å². The van der Waals surface area contributed by atoms with Crippen molar-refractivity contribution in [2.75, 3.05) is 13.3 Å². The predicted molar refractivity (Wildman–Crippen MR) is 137 cm³/mol. The third kappa shape index (κ3) is 10.1. The Morgan fingerprint density at radius 1 is 0.676 bits per heavy atom. The van der Waals surface area contributed by atoms with Gasteiger partial charge < -0.3 is 23.3 Å². The van der Waals surface area contributed by atoms with Gasteiger partial charge in [0.15, 0.2) is 0 Å². The molecule has 0 heterocycles. The molecule has 0 N–H and O–H groups in total. The Kier molecular flexibility index (Phi) is 10.2. The van der Waals surface area contributed by atoms with Gasteiger partial charge in [-0.2, -0.15) is 0 Å². The van der Waals surface area contributed by atoms with Gasteiger partial charge in [-0.3, -0.25) is 18.9 Å². The molecule has 0 saturated heterocycles. The van der Waals surface area contributed by atoms with E-state index >= 15 is 0 Å². The van der Waals surface area contributed by atoms with Crippen LogP contribution in [0.25, 0.3) is 0 Å². The molecule has 0 amide bonds. The van der Waals surface area contributed by atoms with E-state index in [0.717, 1.165) is 0 Å². The zero-order chi connectivity index (χ0) is 27.9. The number of carbonyl (C=O) groups excluding carboxylic acids is 3. The van der Waals surface area contributed by atoms with Crippen LogP contribution < -0.4 is 9.47 Å². The Hall–Kier alpha value is -3.00. The minimum atomic E-state index is -3.88. The van der Waals surface area contributed by atoms with Crippen LogP contribution in [0.3, 0.4) is 0 Å². The van der Waals surface area contributed by atoms with Crippen molar-refractivity contribution < 1.29 is 42.2 Å². The van der Waals surface area contributed by atoms with Crippen molar-refractivity contribution in [1.82, 2.24) is 0 Å². The minimum Gasteiger partial charge on any atom is -0.469 e. The summed E-state index contributed by atoms with van der Waals surface area (Å²) in [5.74, 6) is -0.735. The van der Waals surface area contributed by atoms with E-state index in [1.54, 1.807) is 90.1 Å². The fraction of sp³-hybridized carbons (Fsp3) is 0.444. The van der Waals surface area contributed by atoms with E-state index in [1.807, 2.05) is 0 Å². The van der Waals surface area contributed by atoms with Gasteiger partial charge in [-0.25, -0.2) is 0 Å². The molecule has 37 heavy (non-hydrogen) atoms. The molecule has 2 aromatic rings. The second-order valence-corrected chi connectivity index (χ2v) is 12.5. The van der Waals surface area contributed by atoms with E-state index in [-0.39, 0.29) is 25.2 Å². The van der Waals surface area contributed by atoms with Crippen LogP contribution in [-0.4, -0.2) is 31.2 Å². The molecule has 0 bridgehead atoms. The standard InChI is InChI=1S/C27H35O9P/c1-26(2,3)24(29)35-21-12-8-19(9-13-21)16-33-37(31,18-23(28)32-7)34-17-20-10-14-22(15-11-20)36-25(30)27(4,5)6/h8-15H,16-18H2,1-7H3. The van der Waals surface area contributed by atoms with E-state index in [4.69, 9.17) is 18.5 Å². The van der Waals surface area contributed by atoms with Gasteiger partial charge in [0.05, 0.1) is 31.2 Å². The predicted octanol–water partition coefficient (Wildman–Crippen LogP) is 5.69. The number of carbonyl (C=O) groups is 3. The lowest BCUT2D eigenvalue weighted by Gasteiger charge is -2.19. The molecule has 10 heteroatoms. The maximum atomic E-state index is 13.3. The average Bonchev–Trinajstić information content (AvgIpc) is 2.82. The van der Waals surface area contributed by atoms with Crippen LogP contribution in [0, 0.1) is 10.8 Å². The van der Waals surface area contributed by atoms with Crippen LogP contribution in [0.5, 0.6) is 11.5 Å². The number of rotatable bonds is 10. The number of methoxy groups -OCH3 is 1. The van der Waals surface area contributed by atoms with Gasteiger partial charge >= 0.3 is 25.5 Å². The summed E-state index contributed by atoms with van der Waals surface area (Å²) in [4.78, 5) is 35.9. The van der Waals surface area contributed by atoms with Gasteiger partial charge in [0.25, 0.3) is 0 Å². The zero-order valence-corrected chi connectivity index (χ0v) is 23.3. The number of hydrogen-bond acceptors (Lipinski definition) is 9. The number of hydrogen-bond donors (Lipinski definition) is 0. The first kappa shape index (κ1) is 30.2. The maximum absolute atomic E-state index is 13.3. The number of benzene rings is 2. The van der Waals surface area contributed by atoms with Gasteiger partial charge in [0.2, 0.25) is 0 Å². The molecule has 0 spiro atoms. The van der Waals surface area contributed by atoms with Crippen LogP contribution in [0.4, 0.5) is 0 Å². The van der Waals surface area contributed by atoms with Crippen molar-refractivity contribution in [1.29, 1.82) is 0 Å². The maximum Gasteiger partial charge on any atom is 0.342 e. The highest BCUT2D eigenvalue weighted by Gasteiger charge is 2.30. The first-order valence-electron chi connectivity index (χ1n) is 11.7. The Morgan fingerprint density at radius 2 is 1.03 bits per heavy atom.